The van der Waals surface area contributed by atoms with E-state index in [4.69, 9.17) is 9.94 Å². The van der Waals surface area contributed by atoms with Crippen LogP contribution in [0.2, 0.25) is 0 Å². The number of ether oxygens (including phenoxy) is 1. The number of rotatable bonds is 4. The number of hydrogen-bond acceptors (Lipinski definition) is 4. The van der Waals surface area contributed by atoms with Crippen LogP contribution in [0.3, 0.4) is 0 Å². The largest absolute Gasteiger partial charge is 0.484 e. The maximum absolute atomic E-state index is 11.9. The van der Waals surface area contributed by atoms with Crippen LogP contribution in [-0.2, 0) is 4.79 Å². The Kier molecular flexibility index (Phi) is 4.98. The van der Waals surface area contributed by atoms with Crippen LogP contribution in [0.15, 0.2) is 29.4 Å². The highest BCUT2D eigenvalue weighted by Gasteiger charge is 2.16. The zero-order valence-corrected chi connectivity index (χ0v) is 11.7. The van der Waals surface area contributed by atoms with E-state index in [2.05, 4.69) is 5.16 Å². The molecule has 1 heterocycles. The molecule has 0 unspecified atom stereocenters. The molecule has 1 N–H and O–H groups in total. The van der Waals surface area contributed by atoms with Gasteiger partial charge in [-0.3, -0.25) is 4.79 Å². The van der Waals surface area contributed by atoms with E-state index in [0.717, 1.165) is 31.5 Å². The normalized spacial score (nSPS) is 16.1. The molecule has 1 amide bonds. The average Bonchev–Trinajstić information content (AvgIpc) is 2.53. The smallest absolute Gasteiger partial charge is 0.260 e. The van der Waals surface area contributed by atoms with Gasteiger partial charge in [-0.25, -0.2) is 0 Å². The molecule has 1 saturated heterocycles. The van der Waals surface area contributed by atoms with Crippen LogP contribution in [0.25, 0.3) is 0 Å². The lowest BCUT2D eigenvalue weighted by Gasteiger charge is -2.26. The molecule has 0 spiro atoms. The Morgan fingerprint density at radius 2 is 1.90 bits per heavy atom. The van der Waals surface area contributed by atoms with Gasteiger partial charge < -0.3 is 14.8 Å². The van der Waals surface area contributed by atoms with E-state index >= 15 is 0 Å². The molecular weight excluding hydrogens is 256 g/mol. The molecule has 108 valence electrons. The van der Waals surface area contributed by atoms with Gasteiger partial charge in [0.1, 0.15) is 5.75 Å². The molecule has 0 atom stereocenters. The summed E-state index contributed by atoms with van der Waals surface area (Å²) in [6.45, 7) is 3.47. The summed E-state index contributed by atoms with van der Waals surface area (Å²) in [5, 5.41) is 11.8. The van der Waals surface area contributed by atoms with E-state index in [-0.39, 0.29) is 12.5 Å². The van der Waals surface area contributed by atoms with E-state index in [1.807, 2.05) is 4.90 Å². The molecule has 1 aromatic rings. The van der Waals surface area contributed by atoms with Crippen molar-refractivity contribution in [3.63, 3.8) is 0 Å². The maximum atomic E-state index is 11.9. The number of amides is 1. The van der Waals surface area contributed by atoms with Crippen molar-refractivity contribution in [1.82, 2.24) is 4.90 Å². The van der Waals surface area contributed by atoms with Crippen molar-refractivity contribution in [3.05, 3.63) is 29.8 Å². The predicted octanol–water partition coefficient (Wildman–Crippen LogP) is 2.28. The maximum Gasteiger partial charge on any atom is 0.260 e. The summed E-state index contributed by atoms with van der Waals surface area (Å²) < 4.78 is 5.50. The Labute approximate surface area is 118 Å². The third-order valence-electron chi connectivity index (χ3n) is 3.49. The zero-order chi connectivity index (χ0) is 14.4. The van der Waals surface area contributed by atoms with Gasteiger partial charge in [0.15, 0.2) is 6.61 Å². The number of carbonyl (C=O) groups excluding carboxylic acids is 1. The summed E-state index contributed by atoms with van der Waals surface area (Å²) in [4.78, 5) is 13.8. The van der Waals surface area contributed by atoms with Crippen molar-refractivity contribution in [1.29, 1.82) is 0 Å². The van der Waals surface area contributed by atoms with Gasteiger partial charge in [-0.05, 0) is 56.0 Å². The molecule has 1 fully saturated rings. The number of piperidine rings is 1. The van der Waals surface area contributed by atoms with E-state index < -0.39 is 0 Å². The molecule has 1 aliphatic heterocycles. The minimum Gasteiger partial charge on any atom is -0.484 e. The van der Waals surface area contributed by atoms with Crippen molar-refractivity contribution in [2.75, 3.05) is 19.7 Å². The van der Waals surface area contributed by atoms with Gasteiger partial charge in [-0.15, -0.1) is 0 Å². The highest BCUT2D eigenvalue weighted by molar-refractivity contribution is 5.98. The molecule has 20 heavy (non-hydrogen) atoms. The second kappa shape index (κ2) is 6.93. The second-order valence-corrected chi connectivity index (χ2v) is 4.94. The summed E-state index contributed by atoms with van der Waals surface area (Å²) in [6.07, 6.45) is 3.37. The summed E-state index contributed by atoms with van der Waals surface area (Å²) in [7, 11) is 0. The average molecular weight is 276 g/mol. The number of likely N-dealkylation sites (tertiary alicyclic amines) is 1. The number of oxime groups is 1. The fourth-order valence-electron chi connectivity index (χ4n) is 2.23. The lowest BCUT2D eigenvalue weighted by molar-refractivity contribution is -0.134. The standard InChI is InChI=1S/C15H20N2O3/c1-12(16-19)13-5-7-14(8-6-13)20-11-15(18)17-9-3-2-4-10-17/h5-8,19H,2-4,9-11H2,1H3/b16-12+. The first kappa shape index (κ1) is 14.4. The summed E-state index contributed by atoms with van der Waals surface area (Å²) in [5.41, 5.74) is 1.36. The van der Waals surface area contributed by atoms with E-state index in [1.165, 1.54) is 6.42 Å². The number of carbonyl (C=O) groups is 1. The molecule has 0 aromatic heterocycles. The highest BCUT2D eigenvalue weighted by atomic mass is 16.5. The monoisotopic (exact) mass is 276 g/mol. The topological polar surface area (TPSA) is 62.1 Å². The fourth-order valence-corrected chi connectivity index (χ4v) is 2.23. The van der Waals surface area contributed by atoms with Gasteiger partial charge in [-0.1, -0.05) is 5.16 Å². The van der Waals surface area contributed by atoms with Crippen molar-refractivity contribution in [2.24, 2.45) is 5.16 Å². The quantitative estimate of drug-likeness (QED) is 0.521. The lowest BCUT2D eigenvalue weighted by Crippen LogP contribution is -2.38. The molecule has 0 bridgehead atoms. The first-order chi connectivity index (χ1) is 9.70. The van der Waals surface area contributed by atoms with Crippen LogP contribution >= 0.6 is 0 Å². The molecular formula is C15H20N2O3. The Morgan fingerprint density at radius 1 is 1.25 bits per heavy atom. The predicted molar refractivity (Wildman–Crippen MR) is 76.4 cm³/mol. The van der Waals surface area contributed by atoms with Gasteiger partial charge in [0, 0.05) is 13.1 Å². The molecule has 5 nitrogen and oxygen atoms in total. The van der Waals surface area contributed by atoms with Gasteiger partial charge in [0.2, 0.25) is 0 Å². The Morgan fingerprint density at radius 3 is 2.50 bits per heavy atom. The van der Waals surface area contributed by atoms with E-state index in [0.29, 0.717) is 11.5 Å². The molecule has 5 heteroatoms. The van der Waals surface area contributed by atoms with Crippen molar-refractivity contribution < 1.29 is 14.7 Å². The van der Waals surface area contributed by atoms with Crippen molar-refractivity contribution >= 4 is 11.6 Å². The molecule has 0 radical (unpaired) electrons. The van der Waals surface area contributed by atoms with Crippen LogP contribution < -0.4 is 4.74 Å². The Hall–Kier alpha value is -2.04. The van der Waals surface area contributed by atoms with Crippen molar-refractivity contribution in [3.8, 4) is 5.75 Å². The highest BCUT2D eigenvalue weighted by Crippen LogP contribution is 2.14. The summed E-state index contributed by atoms with van der Waals surface area (Å²) in [5.74, 6) is 0.687. The third-order valence-corrected chi connectivity index (χ3v) is 3.49. The second-order valence-electron chi connectivity index (χ2n) is 4.94. The summed E-state index contributed by atoms with van der Waals surface area (Å²) >= 11 is 0. The lowest BCUT2D eigenvalue weighted by atomic mass is 10.1. The zero-order valence-electron chi connectivity index (χ0n) is 11.7. The first-order valence-corrected chi connectivity index (χ1v) is 6.90. The molecule has 0 aliphatic carbocycles. The minimum absolute atomic E-state index is 0.0434. The fraction of sp³-hybridized carbons (Fsp3) is 0.467. The van der Waals surface area contributed by atoms with Crippen LogP contribution in [0.4, 0.5) is 0 Å². The van der Waals surface area contributed by atoms with E-state index in [9.17, 15) is 4.79 Å². The Balaban J connectivity index is 1.85. The van der Waals surface area contributed by atoms with Gasteiger partial charge in [-0.2, -0.15) is 0 Å². The van der Waals surface area contributed by atoms with Gasteiger partial charge in [0.25, 0.3) is 5.91 Å². The van der Waals surface area contributed by atoms with Crippen LogP contribution in [0, 0.1) is 0 Å². The van der Waals surface area contributed by atoms with Gasteiger partial charge in [0.05, 0.1) is 5.71 Å². The minimum atomic E-state index is 0.0434. The van der Waals surface area contributed by atoms with Crippen LogP contribution in [-0.4, -0.2) is 41.4 Å². The number of benzene rings is 1. The SMILES string of the molecule is C/C(=N\O)c1ccc(OCC(=O)N2CCCCC2)cc1. The number of nitrogens with zero attached hydrogens (tertiary/aromatic N) is 2. The van der Waals surface area contributed by atoms with Gasteiger partial charge >= 0.3 is 0 Å². The molecule has 2 rings (SSSR count). The first-order valence-electron chi connectivity index (χ1n) is 6.90. The molecule has 1 aliphatic rings. The molecule has 1 aromatic carbocycles. The third kappa shape index (κ3) is 3.73. The number of hydrogen-bond donors (Lipinski definition) is 1. The summed E-state index contributed by atoms with van der Waals surface area (Å²) in [6, 6.07) is 7.15. The van der Waals surface area contributed by atoms with Crippen LogP contribution in [0.1, 0.15) is 31.7 Å². The van der Waals surface area contributed by atoms with Crippen LogP contribution in [0.5, 0.6) is 5.75 Å². The molecule has 0 saturated carbocycles. The van der Waals surface area contributed by atoms with E-state index in [1.54, 1.807) is 31.2 Å². The Bertz CT molecular complexity index is 476. The van der Waals surface area contributed by atoms with Crippen molar-refractivity contribution in [2.45, 2.75) is 26.2 Å².